The SMILES string of the molecule is COP(=O)(O)OP(=O)(O)OP(=O)(O)OC[C@H]1O[C@@H](c2ccc3c(N)ncnn23)[C@@](C)(C#N)C1C=O. The molecule has 3 rings (SSSR count). The van der Waals surface area contributed by atoms with Gasteiger partial charge in [-0.25, -0.2) is 23.2 Å². The Morgan fingerprint density at radius 2 is 1.91 bits per heavy atom. The Hall–Kier alpha value is -2.05. The molecule has 2 aromatic rings. The van der Waals surface area contributed by atoms with Gasteiger partial charge < -0.3 is 29.9 Å². The van der Waals surface area contributed by atoms with Crippen LogP contribution in [-0.4, -0.2) is 55.4 Å². The van der Waals surface area contributed by atoms with Crippen LogP contribution in [0.3, 0.4) is 0 Å². The lowest BCUT2D eigenvalue weighted by atomic mass is 9.74. The first-order valence-electron chi connectivity index (χ1n) is 9.40. The lowest BCUT2D eigenvalue weighted by Crippen LogP contribution is -2.32. The number of aromatic nitrogens is 3. The highest BCUT2D eigenvalue weighted by molar-refractivity contribution is 7.66. The Labute approximate surface area is 197 Å². The van der Waals surface area contributed by atoms with E-state index in [4.69, 9.17) is 15.4 Å². The average molecular weight is 555 g/mol. The van der Waals surface area contributed by atoms with Crippen LogP contribution in [0.2, 0.25) is 0 Å². The third kappa shape index (κ3) is 5.69. The second-order valence-corrected chi connectivity index (χ2v) is 12.1. The molecule has 0 aliphatic carbocycles. The smallest absolute Gasteiger partial charge is 0.382 e. The highest BCUT2D eigenvalue weighted by Gasteiger charge is 2.56. The number of nitrogens with zero attached hydrogens (tertiary/aromatic N) is 4. The Bertz CT molecular complexity index is 1310. The molecule has 5 N–H and O–H groups in total. The maximum atomic E-state index is 12.2. The van der Waals surface area contributed by atoms with E-state index in [9.17, 15) is 33.5 Å². The minimum absolute atomic E-state index is 0.143. The van der Waals surface area contributed by atoms with Gasteiger partial charge in [0.05, 0.1) is 35.8 Å². The minimum Gasteiger partial charge on any atom is -0.382 e. The molecule has 20 heteroatoms. The summed E-state index contributed by atoms with van der Waals surface area (Å²) in [4.78, 5) is 44.1. The van der Waals surface area contributed by atoms with E-state index in [2.05, 4.69) is 27.8 Å². The number of anilines is 1. The number of phosphoric ester groups is 2. The standard InChI is InChI=1S/C15H20N5O12P3/c1-15(7-16)9(5-21)12(6-29-34(24,25)32-35(26,27)31-33(22,23)28-2)30-13(15)10-3-4-11-14(17)18-8-19-20(10)11/h3-5,8-9,12-13H,6H2,1-2H3,(H,22,23)(H,24,25)(H,26,27)(H2,17,18,19)/t9?,12-,13+,15+/m1/s1. The summed E-state index contributed by atoms with van der Waals surface area (Å²) >= 11 is 0. The first-order valence-corrected chi connectivity index (χ1v) is 13.9. The summed E-state index contributed by atoms with van der Waals surface area (Å²) in [5.74, 6) is -1.06. The summed E-state index contributed by atoms with van der Waals surface area (Å²) in [6, 6.07) is 5.14. The van der Waals surface area contributed by atoms with Gasteiger partial charge in [0.1, 0.15) is 24.2 Å². The Kier molecular flexibility index (Phi) is 7.69. The van der Waals surface area contributed by atoms with Gasteiger partial charge in [-0.15, -0.1) is 0 Å². The monoisotopic (exact) mass is 555 g/mol. The van der Waals surface area contributed by atoms with Crippen molar-refractivity contribution in [3.8, 4) is 6.07 Å². The van der Waals surface area contributed by atoms with E-state index in [-0.39, 0.29) is 5.82 Å². The predicted octanol–water partition coefficient (Wildman–Crippen LogP) is 1.09. The van der Waals surface area contributed by atoms with E-state index in [1.54, 1.807) is 12.1 Å². The van der Waals surface area contributed by atoms with Gasteiger partial charge in [-0.1, -0.05) is 0 Å². The minimum atomic E-state index is -5.62. The molecule has 1 aliphatic rings. The highest BCUT2D eigenvalue weighted by Crippen LogP contribution is 2.67. The third-order valence-electron chi connectivity index (χ3n) is 5.16. The lowest BCUT2D eigenvalue weighted by molar-refractivity contribution is -0.114. The van der Waals surface area contributed by atoms with E-state index < -0.39 is 53.6 Å². The van der Waals surface area contributed by atoms with Gasteiger partial charge in [0.2, 0.25) is 0 Å². The molecule has 0 amide bonds. The number of nitrogen functional groups attached to an aromatic ring is 1. The molecule has 35 heavy (non-hydrogen) atoms. The summed E-state index contributed by atoms with van der Waals surface area (Å²) in [5.41, 5.74) is 5.03. The number of rotatable bonds is 10. The van der Waals surface area contributed by atoms with Gasteiger partial charge in [0, 0.05) is 7.11 Å². The van der Waals surface area contributed by atoms with E-state index in [1.807, 2.05) is 6.07 Å². The molecule has 0 spiro atoms. The van der Waals surface area contributed by atoms with Crippen molar-refractivity contribution in [3.05, 3.63) is 24.2 Å². The molecule has 0 aromatic carbocycles. The van der Waals surface area contributed by atoms with Crippen molar-refractivity contribution >= 4 is 41.1 Å². The molecule has 17 nitrogen and oxygen atoms in total. The number of ether oxygens (including phenoxy) is 1. The van der Waals surface area contributed by atoms with Crippen molar-refractivity contribution in [1.29, 1.82) is 5.26 Å². The van der Waals surface area contributed by atoms with E-state index in [1.165, 1.54) is 17.8 Å². The Morgan fingerprint density at radius 3 is 2.51 bits per heavy atom. The summed E-state index contributed by atoms with van der Waals surface area (Å²) in [6.07, 6.45) is -0.828. The number of carbonyl (C=O) groups excluding carboxylic acids is 1. The molecule has 3 heterocycles. The molecule has 1 aliphatic heterocycles. The molecule has 0 radical (unpaired) electrons. The molecule has 1 fully saturated rings. The van der Waals surface area contributed by atoms with Gasteiger partial charge in [-0.2, -0.15) is 19.0 Å². The van der Waals surface area contributed by atoms with Crippen molar-refractivity contribution in [2.45, 2.75) is 19.1 Å². The van der Waals surface area contributed by atoms with Crippen molar-refractivity contribution in [3.63, 3.8) is 0 Å². The number of aldehydes is 1. The number of carbonyl (C=O) groups is 1. The largest absolute Gasteiger partial charge is 0.490 e. The number of hydrogen-bond acceptors (Lipinski definition) is 13. The number of nitriles is 1. The quantitative estimate of drug-likeness (QED) is 0.236. The van der Waals surface area contributed by atoms with Crippen LogP contribution in [0.1, 0.15) is 18.7 Å². The van der Waals surface area contributed by atoms with Crippen LogP contribution >= 0.6 is 23.5 Å². The average Bonchev–Trinajstić information content (AvgIpc) is 3.30. The van der Waals surface area contributed by atoms with Gasteiger partial charge in [-0.3, -0.25) is 9.05 Å². The van der Waals surface area contributed by atoms with E-state index in [0.717, 1.165) is 0 Å². The van der Waals surface area contributed by atoms with E-state index in [0.29, 0.717) is 24.6 Å². The summed E-state index contributed by atoms with van der Waals surface area (Å²) in [5, 5.41) is 13.9. The second-order valence-electron chi connectivity index (χ2n) is 7.36. The maximum absolute atomic E-state index is 12.2. The second kappa shape index (κ2) is 9.78. The third-order valence-corrected chi connectivity index (χ3v) is 9.40. The number of phosphoric acid groups is 3. The maximum Gasteiger partial charge on any atom is 0.490 e. The normalized spacial score (nSPS) is 29.7. The molecule has 4 unspecified atom stereocenters. The summed E-state index contributed by atoms with van der Waals surface area (Å²) in [6.45, 7) is 0.557. The zero-order chi connectivity index (χ0) is 26.2. The Morgan fingerprint density at radius 1 is 1.26 bits per heavy atom. The topological polar surface area (TPSA) is 255 Å². The van der Waals surface area contributed by atoms with Gasteiger partial charge in [-0.05, 0) is 19.1 Å². The molecule has 1 saturated heterocycles. The van der Waals surface area contributed by atoms with Crippen LogP contribution < -0.4 is 5.73 Å². The van der Waals surface area contributed by atoms with Crippen molar-refractivity contribution in [2.24, 2.45) is 11.3 Å². The molecule has 192 valence electrons. The first kappa shape index (κ1) is 27.5. The van der Waals surface area contributed by atoms with Crippen LogP contribution in [0.5, 0.6) is 0 Å². The fourth-order valence-electron chi connectivity index (χ4n) is 3.52. The van der Waals surface area contributed by atoms with Crippen LogP contribution in [0.25, 0.3) is 5.52 Å². The fourth-order valence-corrected chi connectivity index (χ4v) is 6.78. The van der Waals surface area contributed by atoms with Gasteiger partial charge in [0.25, 0.3) is 0 Å². The number of nitrogens with two attached hydrogens (primary N) is 1. The van der Waals surface area contributed by atoms with Crippen molar-refractivity contribution in [1.82, 2.24) is 14.6 Å². The first-order chi connectivity index (χ1) is 16.2. The summed E-state index contributed by atoms with van der Waals surface area (Å²) < 4.78 is 58.7. The zero-order valence-corrected chi connectivity index (χ0v) is 20.7. The van der Waals surface area contributed by atoms with Crippen LogP contribution in [-0.2, 0) is 40.9 Å². The van der Waals surface area contributed by atoms with Crippen LogP contribution in [0, 0.1) is 22.7 Å². The molecular weight excluding hydrogens is 535 g/mol. The summed E-state index contributed by atoms with van der Waals surface area (Å²) in [7, 11) is -15.4. The molecular formula is C15H20N5O12P3. The number of hydrogen-bond donors (Lipinski definition) is 4. The van der Waals surface area contributed by atoms with Crippen LogP contribution in [0.4, 0.5) is 5.82 Å². The van der Waals surface area contributed by atoms with Gasteiger partial charge >= 0.3 is 23.5 Å². The predicted molar refractivity (Wildman–Crippen MR) is 113 cm³/mol. The van der Waals surface area contributed by atoms with E-state index >= 15 is 0 Å². The number of fused-ring (bicyclic) bond motifs is 1. The lowest BCUT2D eigenvalue weighted by Gasteiger charge is -2.25. The van der Waals surface area contributed by atoms with Crippen LogP contribution in [0.15, 0.2) is 18.5 Å². The zero-order valence-electron chi connectivity index (χ0n) is 18.0. The molecule has 7 atom stereocenters. The van der Waals surface area contributed by atoms with Crippen molar-refractivity contribution < 1.29 is 55.6 Å². The molecule has 0 bridgehead atoms. The Balaban J connectivity index is 1.82. The molecule has 2 aromatic heterocycles. The highest BCUT2D eigenvalue weighted by atomic mass is 31.3. The van der Waals surface area contributed by atoms with Crippen molar-refractivity contribution in [2.75, 3.05) is 19.5 Å². The molecule has 0 saturated carbocycles. The fraction of sp³-hybridized carbons (Fsp3) is 0.467. The van der Waals surface area contributed by atoms with Gasteiger partial charge in [0.15, 0.2) is 5.82 Å².